The van der Waals surface area contributed by atoms with Gasteiger partial charge in [0.15, 0.2) is 5.96 Å². The molecule has 8 heteroatoms. The quantitative estimate of drug-likeness (QED) is 0.339. The van der Waals surface area contributed by atoms with E-state index in [2.05, 4.69) is 40.0 Å². The molecule has 2 unspecified atom stereocenters. The summed E-state index contributed by atoms with van der Waals surface area (Å²) in [5, 5.41) is 3.43. The number of pyridine rings is 1. The zero-order chi connectivity index (χ0) is 21.6. The number of aliphatic imine (C=N–C) groups is 1. The van der Waals surface area contributed by atoms with Crippen molar-refractivity contribution in [1.82, 2.24) is 15.2 Å². The fourth-order valence-corrected chi connectivity index (χ4v) is 4.26. The number of hydrogen-bond acceptors (Lipinski definition) is 4. The van der Waals surface area contributed by atoms with Crippen LogP contribution in [0.4, 0.5) is 10.2 Å². The van der Waals surface area contributed by atoms with Gasteiger partial charge in [0.1, 0.15) is 17.7 Å². The summed E-state index contributed by atoms with van der Waals surface area (Å²) >= 11 is 0. The number of nitrogens with one attached hydrogen (secondary N) is 1. The maximum Gasteiger partial charge on any atom is 0.194 e. The number of nitrogens with zero attached hydrogens (tertiary/aromatic N) is 4. The average Bonchev–Trinajstić information content (AvgIpc) is 3.32. The number of benzene rings is 1. The van der Waals surface area contributed by atoms with E-state index in [-0.39, 0.29) is 42.0 Å². The van der Waals surface area contributed by atoms with Gasteiger partial charge in [0, 0.05) is 32.4 Å². The molecule has 2 fully saturated rings. The first kappa shape index (κ1) is 24.7. The highest BCUT2D eigenvalue weighted by Gasteiger charge is 2.28. The molecule has 2 saturated heterocycles. The Bertz CT molecular complexity index is 888. The number of aromatic nitrogens is 1. The number of ether oxygens (including phenoxy) is 1. The van der Waals surface area contributed by atoms with E-state index in [0.717, 1.165) is 49.1 Å². The Kier molecular flexibility index (Phi) is 9.10. The Labute approximate surface area is 207 Å². The van der Waals surface area contributed by atoms with Crippen molar-refractivity contribution in [3.05, 3.63) is 59.5 Å². The standard InChI is InChI=1S/C24H32FN5O.HI/c1-3-26-24(28-15-19-10-11-27-23(14-19)29-12-4-5-13-29)30-16-18(2)31-22(17-30)20-6-8-21(25)9-7-20;/h6-11,14,18,22H,3-5,12-13,15-17H2,1-2H3,(H,26,28);1H. The molecule has 0 amide bonds. The zero-order valence-electron chi connectivity index (χ0n) is 18.8. The summed E-state index contributed by atoms with van der Waals surface area (Å²) in [5.41, 5.74) is 2.14. The molecular weight excluding hydrogens is 520 g/mol. The Morgan fingerprint density at radius 1 is 1.19 bits per heavy atom. The first-order valence-corrected chi connectivity index (χ1v) is 11.3. The Hall–Kier alpha value is -1.94. The zero-order valence-corrected chi connectivity index (χ0v) is 21.2. The van der Waals surface area contributed by atoms with E-state index < -0.39 is 0 Å². The highest BCUT2D eigenvalue weighted by atomic mass is 127. The number of guanidine groups is 1. The number of anilines is 1. The van der Waals surface area contributed by atoms with Crippen LogP contribution in [0, 0.1) is 5.82 Å². The Morgan fingerprint density at radius 3 is 2.66 bits per heavy atom. The van der Waals surface area contributed by atoms with Crippen molar-refractivity contribution in [3.63, 3.8) is 0 Å². The summed E-state index contributed by atoms with van der Waals surface area (Å²) in [6, 6.07) is 10.8. The van der Waals surface area contributed by atoms with Crippen LogP contribution in [0.2, 0.25) is 0 Å². The van der Waals surface area contributed by atoms with Crippen molar-refractivity contribution in [2.45, 2.75) is 45.4 Å². The number of halogens is 2. The fourth-order valence-electron chi connectivity index (χ4n) is 4.26. The predicted molar refractivity (Wildman–Crippen MR) is 137 cm³/mol. The van der Waals surface area contributed by atoms with Gasteiger partial charge in [-0.2, -0.15) is 0 Å². The van der Waals surface area contributed by atoms with Crippen LogP contribution in [0.25, 0.3) is 0 Å². The molecule has 2 aliphatic rings. The molecule has 0 aliphatic carbocycles. The summed E-state index contributed by atoms with van der Waals surface area (Å²) in [4.78, 5) is 14.1. The molecular formula is C24H33FIN5O. The van der Waals surface area contributed by atoms with Gasteiger partial charge in [0.25, 0.3) is 0 Å². The van der Waals surface area contributed by atoms with Gasteiger partial charge in [-0.1, -0.05) is 12.1 Å². The SMILES string of the molecule is CCNC(=NCc1ccnc(N2CCCC2)c1)N1CC(C)OC(c2ccc(F)cc2)C1.I. The molecule has 1 aromatic heterocycles. The third-order valence-corrected chi connectivity index (χ3v) is 5.79. The summed E-state index contributed by atoms with van der Waals surface area (Å²) in [6.45, 7) is 9.14. The molecule has 32 heavy (non-hydrogen) atoms. The lowest BCUT2D eigenvalue weighted by Gasteiger charge is -2.38. The van der Waals surface area contributed by atoms with Crippen LogP contribution in [0.5, 0.6) is 0 Å². The van der Waals surface area contributed by atoms with Gasteiger partial charge < -0.3 is 19.9 Å². The first-order valence-electron chi connectivity index (χ1n) is 11.3. The van der Waals surface area contributed by atoms with Crippen LogP contribution < -0.4 is 10.2 Å². The minimum Gasteiger partial charge on any atom is -0.367 e. The Morgan fingerprint density at radius 2 is 1.94 bits per heavy atom. The number of rotatable bonds is 5. The van der Waals surface area contributed by atoms with E-state index >= 15 is 0 Å². The van der Waals surface area contributed by atoms with Gasteiger partial charge in [-0.25, -0.2) is 14.4 Å². The summed E-state index contributed by atoms with van der Waals surface area (Å²) in [6.07, 6.45) is 4.29. The molecule has 2 aliphatic heterocycles. The van der Waals surface area contributed by atoms with E-state index in [0.29, 0.717) is 13.1 Å². The minimum atomic E-state index is -0.231. The molecule has 0 saturated carbocycles. The highest BCUT2D eigenvalue weighted by Crippen LogP contribution is 2.26. The molecule has 174 valence electrons. The molecule has 0 bridgehead atoms. The second kappa shape index (κ2) is 11.8. The number of hydrogen-bond donors (Lipinski definition) is 1. The first-order chi connectivity index (χ1) is 15.1. The van der Waals surface area contributed by atoms with Crippen molar-refractivity contribution in [2.24, 2.45) is 4.99 Å². The van der Waals surface area contributed by atoms with Crippen LogP contribution in [0.1, 0.15) is 43.9 Å². The van der Waals surface area contributed by atoms with Gasteiger partial charge in [-0.3, -0.25) is 0 Å². The second-order valence-corrected chi connectivity index (χ2v) is 8.28. The van der Waals surface area contributed by atoms with Gasteiger partial charge in [0.05, 0.1) is 19.2 Å². The van der Waals surface area contributed by atoms with E-state index in [9.17, 15) is 4.39 Å². The van der Waals surface area contributed by atoms with Crippen molar-refractivity contribution in [3.8, 4) is 0 Å². The molecule has 1 N–H and O–H groups in total. The van der Waals surface area contributed by atoms with Gasteiger partial charge >= 0.3 is 0 Å². The number of morpholine rings is 1. The topological polar surface area (TPSA) is 53.0 Å². The van der Waals surface area contributed by atoms with Crippen molar-refractivity contribution < 1.29 is 9.13 Å². The van der Waals surface area contributed by atoms with Crippen LogP contribution in [0.15, 0.2) is 47.6 Å². The van der Waals surface area contributed by atoms with Crippen molar-refractivity contribution in [1.29, 1.82) is 0 Å². The summed E-state index contributed by atoms with van der Waals surface area (Å²) < 4.78 is 19.5. The molecule has 3 heterocycles. The lowest BCUT2D eigenvalue weighted by Crippen LogP contribution is -2.50. The summed E-state index contributed by atoms with van der Waals surface area (Å²) in [5.74, 6) is 1.70. The monoisotopic (exact) mass is 553 g/mol. The van der Waals surface area contributed by atoms with Crippen LogP contribution in [-0.2, 0) is 11.3 Å². The molecule has 2 aromatic rings. The largest absolute Gasteiger partial charge is 0.367 e. The fraction of sp³-hybridized carbons (Fsp3) is 0.500. The van der Waals surface area contributed by atoms with Crippen LogP contribution in [0.3, 0.4) is 0 Å². The van der Waals surface area contributed by atoms with Crippen LogP contribution >= 0.6 is 24.0 Å². The molecule has 6 nitrogen and oxygen atoms in total. The van der Waals surface area contributed by atoms with E-state index in [1.165, 1.54) is 25.0 Å². The van der Waals surface area contributed by atoms with E-state index in [1.54, 1.807) is 12.1 Å². The molecule has 1 aromatic carbocycles. The van der Waals surface area contributed by atoms with Crippen molar-refractivity contribution in [2.75, 3.05) is 37.6 Å². The minimum absolute atomic E-state index is 0. The van der Waals surface area contributed by atoms with Crippen molar-refractivity contribution >= 4 is 35.8 Å². The maximum absolute atomic E-state index is 13.3. The molecule has 0 spiro atoms. The third-order valence-electron chi connectivity index (χ3n) is 5.79. The maximum atomic E-state index is 13.3. The molecule has 4 rings (SSSR count). The van der Waals surface area contributed by atoms with Gasteiger partial charge in [0.2, 0.25) is 0 Å². The lowest BCUT2D eigenvalue weighted by molar-refractivity contribution is -0.0605. The van der Waals surface area contributed by atoms with E-state index in [1.807, 2.05) is 12.3 Å². The average molecular weight is 553 g/mol. The smallest absolute Gasteiger partial charge is 0.194 e. The normalized spacial score (nSPS) is 21.4. The second-order valence-electron chi connectivity index (χ2n) is 8.28. The van der Waals surface area contributed by atoms with Gasteiger partial charge in [-0.05, 0) is 62.1 Å². The molecule has 0 radical (unpaired) electrons. The van der Waals surface area contributed by atoms with Crippen LogP contribution in [-0.4, -0.2) is 54.7 Å². The van der Waals surface area contributed by atoms with Gasteiger partial charge in [-0.15, -0.1) is 24.0 Å². The Balaban J connectivity index is 0.00000289. The third kappa shape index (κ3) is 6.31. The summed E-state index contributed by atoms with van der Waals surface area (Å²) in [7, 11) is 0. The van der Waals surface area contributed by atoms with E-state index in [4.69, 9.17) is 9.73 Å². The highest BCUT2D eigenvalue weighted by molar-refractivity contribution is 14.0. The predicted octanol–water partition coefficient (Wildman–Crippen LogP) is 4.37. The lowest BCUT2D eigenvalue weighted by atomic mass is 10.1. The molecule has 2 atom stereocenters.